The molecule has 1 amide bonds. The molecule has 0 aliphatic rings. The van der Waals surface area contributed by atoms with Crippen LogP contribution in [-0.4, -0.2) is 54.3 Å². The maximum atomic E-state index is 12.1. The normalized spacial score (nSPS) is 12.8. The van der Waals surface area contributed by atoms with Crippen LogP contribution in [0.2, 0.25) is 0 Å². The van der Waals surface area contributed by atoms with Gasteiger partial charge in [0.1, 0.15) is 6.04 Å². The number of benzene rings is 1. The zero-order valence-corrected chi connectivity index (χ0v) is 14.1. The molecule has 0 saturated heterocycles. The van der Waals surface area contributed by atoms with Gasteiger partial charge in [0.25, 0.3) is 0 Å². The Bertz CT molecular complexity index is 606. The van der Waals surface area contributed by atoms with E-state index in [1.165, 1.54) is 26.4 Å². The Morgan fingerprint density at radius 2 is 2.04 bits per heavy atom. The number of nitrogens with one attached hydrogen (secondary N) is 2. The fourth-order valence-electron chi connectivity index (χ4n) is 1.76. The van der Waals surface area contributed by atoms with Gasteiger partial charge in [0, 0.05) is 27.3 Å². The van der Waals surface area contributed by atoms with E-state index < -0.39 is 16.1 Å². The Hall–Kier alpha value is -1.52. The third kappa shape index (κ3) is 6.63. The summed E-state index contributed by atoms with van der Waals surface area (Å²) in [6, 6.07) is 5.55. The summed E-state index contributed by atoms with van der Waals surface area (Å²) in [4.78, 5) is 11.8. The lowest BCUT2D eigenvalue weighted by atomic mass is 10.2. The van der Waals surface area contributed by atoms with E-state index in [-0.39, 0.29) is 37.1 Å². The van der Waals surface area contributed by atoms with E-state index >= 15 is 0 Å². The zero-order chi connectivity index (χ0) is 17.3. The van der Waals surface area contributed by atoms with Crippen LogP contribution in [0, 0.1) is 0 Å². The van der Waals surface area contributed by atoms with Crippen molar-refractivity contribution in [3.8, 4) is 0 Å². The Balaban J connectivity index is 2.68. The molecule has 1 atom stereocenters. The number of sulfonamides is 1. The summed E-state index contributed by atoms with van der Waals surface area (Å²) < 4.78 is 36.2. The van der Waals surface area contributed by atoms with E-state index in [1.54, 1.807) is 12.1 Å². The molecule has 1 aromatic carbocycles. The van der Waals surface area contributed by atoms with Gasteiger partial charge < -0.3 is 20.5 Å². The van der Waals surface area contributed by atoms with E-state index in [0.29, 0.717) is 5.56 Å². The van der Waals surface area contributed by atoms with Crippen molar-refractivity contribution in [2.24, 2.45) is 5.73 Å². The van der Waals surface area contributed by atoms with E-state index in [0.717, 1.165) is 0 Å². The molecule has 1 rings (SSSR count). The molecule has 130 valence electrons. The Morgan fingerprint density at radius 1 is 1.30 bits per heavy atom. The predicted molar refractivity (Wildman–Crippen MR) is 85.2 cm³/mol. The molecule has 0 saturated carbocycles. The van der Waals surface area contributed by atoms with Crippen LogP contribution in [0.25, 0.3) is 0 Å². The average Bonchev–Trinajstić information content (AvgIpc) is 2.53. The van der Waals surface area contributed by atoms with E-state index in [4.69, 9.17) is 15.2 Å². The molecule has 0 radical (unpaired) electrons. The van der Waals surface area contributed by atoms with Crippen LogP contribution in [0.5, 0.6) is 0 Å². The number of ether oxygens (including phenoxy) is 2. The van der Waals surface area contributed by atoms with Crippen LogP contribution in [-0.2, 0) is 30.8 Å². The maximum Gasteiger partial charge on any atom is 0.240 e. The first-order chi connectivity index (χ1) is 10.9. The van der Waals surface area contributed by atoms with Crippen molar-refractivity contribution in [1.29, 1.82) is 0 Å². The molecule has 0 heterocycles. The van der Waals surface area contributed by atoms with Crippen molar-refractivity contribution in [1.82, 2.24) is 10.0 Å². The number of methoxy groups -OCH3 is 2. The van der Waals surface area contributed by atoms with Crippen LogP contribution in [0.4, 0.5) is 0 Å². The number of rotatable bonds is 10. The van der Waals surface area contributed by atoms with Gasteiger partial charge in [0.15, 0.2) is 0 Å². The summed E-state index contributed by atoms with van der Waals surface area (Å²) in [5.41, 5.74) is 6.25. The van der Waals surface area contributed by atoms with Gasteiger partial charge in [-0.2, -0.15) is 0 Å². The SMILES string of the molecule is COCCNS(=O)(=O)c1cccc(CNC(=O)C(N)COC)c1. The summed E-state index contributed by atoms with van der Waals surface area (Å²) in [7, 11) is -0.658. The van der Waals surface area contributed by atoms with Crippen molar-refractivity contribution in [2.75, 3.05) is 34.0 Å². The molecule has 0 aliphatic carbocycles. The molecule has 23 heavy (non-hydrogen) atoms. The van der Waals surface area contributed by atoms with Crippen LogP contribution in [0.15, 0.2) is 29.2 Å². The molecule has 1 unspecified atom stereocenters. The summed E-state index contributed by atoms with van der Waals surface area (Å²) in [5, 5.41) is 2.64. The first kappa shape index (κ1) is 19.5. The minimum Gasteiger partial charge on any atom is -0.383 e. The molecule has 4 N–H and O–H groups in total. The molecule has 9 heteroatoms. The fourth-order valence-corrected chi connectivity index (χ4v) is 2.84. The lowest BCUT2D eigenvalue weighted by molar-refractivity contribution is -0.123. The second kappa shape index (κ2) is 9.58. The van der Waals surface area contributed by atoms with E-state index in [2.05, 4.69) is 10.0 Å². The monoisotopic (exact) mass is 345 g/mol. The minimum atomic E-state index is -3.61. The fraction of sp³-hybridized carbons (Fsp3) is 0.500. The standard InChI is InChI=1S/C14H23N3O5S/c1-21-7-6-17-23(19,20)12-5-3-4-11(8-12)9-16-14(18)13(15)10-22-2/h3-5,8,13,17H,6-7,9-10,15H2,1-2H3,(H,16,18). The second-order valence-electron chi connectivity index (χ2n) is 4.82. The van der Waals surface area contributed by atoms with Crippen molar-refractivity contribution in [2.45, 2.75) is 17.5 Å². The Labute approximate surface area is 136 Å². The van der Waals surface area contributed by atoms with Crippen molar-refractivity contribution < 1.29 is 22.7 Å². The predicted octanol–water partition coefficient (Wildman–Crippen LogP) is -0.799. The van der Waals surface area contributed by atoms with Gasteiger partial charge in [-0.3, -0.25) is 4.79 Å². The number of carbonyl (C=O) groups excluding carboxylic acids is 1. The van der Waals surface area contributed by atoms with Crippen molar-refractivity contribution in [3.63, 3.8) is 0 Å². The van der Waals surface area contributed by atoms with E-state index in [9.17, 15) is 13.2 Å². The average molecular weight is 345 g/mol. The zero-order valence-electron chi connectivity index (χ0n) is 13.2. The Morgan fingerprint density at radius 3 is 2.70 bits per heavy atom. The molecule has 0 bridgehead atoms. The van der Waals surface area contributed by atoms with Gasteiger partial charge in [-0.1, -0.05) is 12.1 Å². The maximum absolute atomic E-state index is 12.1. The van der Waals surface area contributed by atoms with Gasteiger partial charge in [-0.25, -0.2) is 13.1 Å². The summed E-state index contributed by atoms with van der Waals surface area (Å²) >= 11 is 0. The highest BCUT2D eigenvalue weighted by atomic mass is 32.2. The third-order valence-electron chi connectivity index (χ3n) is 2.96. The number of hydrogen-bond donors (Lipinski definition) is 3. The van der Waals surface area contributed by atoms with Crippen molar-refractivity contribution in [3.05, 3.63) is 29.8 Å². The first-order valence-corrected chi connectivity index (χ1v) is 8.49. The third-order valence-corrected chi connectivity index (χ3v) is 4.42. The van der Waals surface area contributed by atoms with Crippen LogP contribution in [0.3, 0.4) is 0 Å². The topological polar surface area (TPSA) is 120 Å². The molecular formula is C14H23N3O5S. The largest absolute Gasteiger partial charge is 0.383 e. The number of nitrogens with two attached hydrogens (primary N) is 1. The first-order valence-electron chi connectivity index (χ1n) is 7.00. The Kier molecular flexibility index (Phi) is 8.13. The number of hydrogen-bond acceptors (Lipinski definition) is 6. The highest BCUT2D eigenvalue weighted by Crippen LogP contribution is 2.11. The smallest absolute Gasteiger partial charge is 0.240 e. The van der Waals surface area contributed by atoms with Crippen LogP contribution in [0.1, 0.15) is 5.56 Å². The van der Waals surface area contributed by atoms with Gasteiger partial charge >= 0.3 is 0 Å². The lowest BCUT2D eigenvalue weighted by Gasteiger charge is -2.12. The highest BCUT2D eigenvalue weighted by molar-refractivity contribution is 7.89. The second-order valence-corrected chi connectivity index (χ2v) is 6.58. The molecule has 0 spiro atoms. The molecule has 0 aliphatic heterocycles. The molecule has 8 nitrogen and oxygen atoms in total. The van der Waals surface area contributed by atoms with Gasteiger partial charge in [0.2, 0.25) is 15.9 Å². The summed E-state index contributed by atoms with van der Waals surface area (Å²) in [5.74, 6) is -0.363. The number of carbonyl (C=O) groups is 1. The van der Waals surface area contributed by atoms with Crippen molar-refractivity contribution >= 4 is 15.9 Å². The molecule has 0 fully saturated rings. The highest BCUT2D eigenvalue weighted by Gasteiger charge is 2.15. The molecule has 0 aromatic heterocycles. The van der Waals surface area contributed by atoms with Gasteiger partial charge in [-0.15, -0.1) is 0 Å². The van der Waals surface area contributed by atoms with Crippen LogP contribution < -0.4 is 15.8 Å². The van der Waals surface area contributed by atoms with E-state index in [1.807, 2.05) is 0 Å². The minimum absolute atomic E-state index is 0.115. The quantitative estimate of drug-likeness (QED) is 0.478. The molecular weight excluding hydrogens is 322 g/mol. The summed E-state index contributed by atoms with van der Waals surface area (Å²) in [6.07, 6.45) is 0. The van der Waals surface area contributed by atoms with Gasteiger partial charge in [-0.05, 0) is 17.7 Å². The number of amides is 1. The molecule has 1 aromatic rings. The van der Waals surface area contributed by atoms with Gasteiger partial charge in [0.05, 0.1) is 18.1 Å². The van der Waals surface area contributed by atoms with Crippen LogP contribution >= 0.6 is 0 Å². The lowest BCUT2D eigenvalue weighted by Crippen LogP contribution is -2.43. The summed E-state index contributed by atoms with van der Waals surface area (Å²) in [6.45, 7) is 0.763.